The third-order valence-electron chi connectivity index (χ3n) is 3.61. The summed E-state index contributed by atoms with van der Waals surface area (Å²) in [6.45, 7) is 0. The fourth-order valence-electron chi connectivity index (χ4n) is 2.21. The largest absolute Gasteiger partial charge is 0.497 e. The quantitative estimate of drug-likeness (QED) is 0.872. The van der Waals surface area contributed by atoms with Gasteiger partial charge in [-0.05, 0) is 37.0 Å². The van der Waals surface area contributed by atoms with Crippen LogP contribution < -0.4 is 10.1 Å². The minimum Gasteiger partial charge on any atom is -0.497 e. The first kappa shape index (κ1) is 14.7. The maximum absolute atomic E-state index is 12.0. The van der Waals surface area contributed by atoms with Crippen molar-refractivity contribution in [3.63, 3.8) is 0 Å². The molecule has 1 aromatic carbocycles. The fourth-order valence-corrected chi connectivity index (χ4v) is 2.44. The number of amides is 1. The van der Waals surface area contributed by atoms with Crippen molar-refractivity contribution in [3.05, 3.63) is 28.8 Å². The highest BCUT2D eigenvalue weighted by atomic mass is 35.5. The molecule has 20 heavy (non-hydrogen) atoms. The van der Waals surface area contributed by atoms with Gasteiger partial charge >= 0.3 is 5.97 Å². The van der Waals surface area contributed by atoms with E-state index in [1.54, 1.807) is 18.2 Å². The molecule has 1 aliphatic rings. The SMILES string of the molecule is COc1ccc(CC(=O)NC2(C(=O)O)CCC2)c(Cl)c1. The van der Waals surface area contributed by atoms with Crippen molar-refractivity contribution in [2.24, 2.45) is 0 Å². The molecule has 0 unspecified atom stereocenters. The third-order valence-corrected chi connectivity index (χ3v) is 3.96. The van der Waals surface area contributed by atoms with E-state index in [2.05, 4.69) is 5.32 Å². The van der Waals surface area contributed by atoms with E-state index in [4.69, 9.17) is 21.4 Å². The number of nitrogens with one attached hydrogen (secondary N) is 1. The van der Waals surface area contributed by atoms with Crippen LogP contribution in [0.3, 0.4) is 0 Å². The molecule has 108 valence electrons. The molecule has 5 nitrogen and oxygen atoms in total. The number of carbonyl (C=O) groups is 2. The van der Waals surface area contributed by atoms with Crippen LogP contribution in [0.15, 0.2) is 18.2 Å². The van der Waals surface area contributed by atoms with Crippen LogP contribution in [0.4, 0.5) is 0 Å². The number of aliphatic carboxylic acids is 1. The van der Waals surface area contributed by atoms with Crippen molar-refractivity contribution in [2.75, 3.05) is 7.11 Å². The van der Waals surface area contributed by atoms with Crippen LogP contribution in [0.5, 0.6) is 5.75 Å². The Morgan fingerprint density at radius 1 is 1.45 bits per heavy atom. The second kappa shape index (κ2) is 5.71. The number of hydrogen-bond acceptors (Lipinski definition) is 3. The zero-order chi connectivity index (χ0) is 14.8. The van der Waals surface area contributed by atoms with E-state index < -0.39 is 11.5 Å². The first-order valence-electron chi connectivity index (χ1n) is 6.34. The van der Waals surface area contributed by atoms with Gasteiger partial charge in [0, 0.05) is 5.02 Å². The van der Waals surface area contributed by atoms with Crippen molar-refractivity contribution < 1.29 is 19.4 Å². The number of carboxylic acids is 1. The zero-order valence-corrected chi connectivity index (χ0v) is 11.9. The van der Waals surface area contributed by atoms with Crippen LogP contribution in [0.25, 0.3) is 0 Å². The lowest BCUT2D eigenvalue weighted by molar-refractivity contribution is -0.151. The van der Waals surface area contributed by atoms with E-state index in [0.29, 0.717) is 29.2 Å². The predicted octanol–water partition coefficient (Wildman–Crippen LogP) is 2.01. The van der Waals surface area contributed by atoms with E-state index in [1.807, 2.05) is 0 Å². The molecule has 6 heteroatoms. The molecule has 0 saturated heterocycles. The van der Waals surface area contributed by atoms with Crippen molar-refractivity contribution in [1.29, 1.82) is 0 Å². The summed E-state index contributed by atoms with van der Waals surface area (Å²) in [6, 6.07) is 5.04. The Labute approximate surface area is 121 Å². The maximum atomic E-state index is 12.0. The van der Waals surface area contributed by atoms with Gasteiger partial charge in [-0.1, -0.05) is 17.7 Å². The van der Waals surface area contributed by atoms with E-state index in [0.717, 1.165) is 6.42 Å². The molecule has 1 amide bonds. The van der Waals surface area contributed by atoms with Gasteiger partial charge in [0.1, 0.15) is 11.3 Å². The summed E-state index contributed by atoms with van der Waals surface area (Å²) < 4.78 is 5.03. The average molecular weight is 298 g/mol. The molecule has 0 heterocycles. The zero-order valence-electron chi connectivity index (χ0n) is 11.1. The van der Waals surface area contributed by atoms with Crippen molar-refractivity contribution in [1.82, 2.24) is 5.32 Å². The fraction of sp³-hybridized carbons (Fsp3) is 0.429. The third kappa shape index (κ3) is 2.88. The molecule has 0 aromatic heterocycles. The van der Waals surface area contributed by atoms with Crippen LogP contribution in [0.1, 0.15) is 24.8 Å². The molecule has 1 aromatic rings. The number of carbonyl (C=O) groups excluding carboxylic acids is 1. The minimum absolute atomic E-state index is 0.0534. The molecule has 1 aliphatic carbocycles. The van der Waals surface area contributed by atoms with Gasteiger partial charge in [0.15, 0.2) is 0 Å². The molecule has 1 fully saturated rings. The van der Waals surface area contributed by atoms with Gasteiger partial charge in [0.2, 0.25) is 5.91 Å². The number of benzene rings is 1. The van der Waals surface area contributed by atoms with Crippen molar-refractivity contribution in [3.8, 4) is 5.75 Å². The first-order valence-corrected chi connectivity index (χ1v) is 6.71. The molecule has 0 bridgehead atoms. The van der Waals surface area contributed by atoms with Crippen molar-refractivity contribution >= 4 is 23.5 Å². The summed E-state index contributed by atoms with van der Waals surface area (Å²) in [7, 11) is 1.53. The molecule has 0 radical (unpaired) electrons. The number of hydrogen-bond donors (Lipinski definition) is 2. The highest BCUT2D eigenvalue weighted by Crippen LogP contribution is 2.32. The lowest BCUT2D eigenvalue weighted by Gasteiger charge is -2.38. The van der Waals surface area contributed by atoms with Gasteiger partial charge in [0.05, 0.1) is 13.5 Å². The summed E-state index contributed by atoms with van der Waals surface area (Å²) in [5.74, 6) is -0.697. The second-order valence-corrected chi connectivity index (χ2v) is 5.33. The summed E-state index contributed by atoms with van der Waals surface area (Å²) in [4.78, 5) is 23.2. The van der Waals surface area contributed by atoms with Crippen molar-refractivity contribution in [2.45, 2.75) is 31.2 Å². The summed E-state index contributed by atoms with van der Waals surface area (Å²) in [5, 5.41) is 12.2. The predicted molar refractivity (Wildman–Crippen MR) is 74.1 cm³/mol. The lowest BCUT2D eigenvalue weighted by Crippen LogP contribution is -2.59. The standard InChI is InChI=1S/C14H16ClNO4/c1-20-10-4-3-9(11(15)8-10)7-12(17)16-14(13(18)19)5-2-6-14/h3-4,8H,2,5-7H2,1H3,(H,16,17)(H,18,19). The summed E-state index contributed by atoms with van der Waals surface area (Å²) >= 11 is 6.06. The first-order chi connectivity index (χ1) is 9.47. The number of carboxylic acid groups (broad SMARTS) is 1. The Balaban J connectivity index is 2.03. The Hall–Kier alpha value is -1.75. The molecule has 0 atom stereocenters. The molecular weight excluding hydrogens is 282 g/mol. The van der Waals surface area contributed by atoms with E-state index in [-0.39, 0.29) is 12.3 Å². The van der Waals surface area contributed by atoms with E-state index in [9.17, 15) is 9.59 Å². The Morgan fingerprint density at radius 2 is 2.15 bits per heavy atom. The maximum Gasteiger partial charge on any atom is 0.329 e. The molecule has 2 rings (SSSR count). The van der Waals surface area contributed by atoms with Crippen LogP contribution >= 0.6 is 11.6 Å². The highest BCUT2D eigenvalue weighted by Gasteiger charge is 2.45. The van der Waals surface area contributed by atoms with Crippen LogP contribution in [-0.2, 0) is 16.0 Å². The van der Waals surface area contributed by atoms with Crippen LogP contribution in [-0.4, -0.2) is 29.6 Å². The minimum atomic E-state index is -1.09. The van der Waals surface area contributed by atoms with Gasteiger partial charge in [-0.3, -0.25) is 4.79 Å². The Bertz CT molecular complexity index is 540. The average Bonchev–Trinajstić information content (AvgIpc) is 2.35. The van der Waals surface area contributed by atoms with Crippen LogP contribution in [0, 0.1) is 0 Å². The normalized spacial score (nSPS) is 16.1. The molecular formula is C14H16ClNO4. The number of halogens is 1. The molecule has 0 aliphatic heterocycles. The number of methoxy groups -OCH3 is 1. The summed E-state index contributed by atoms with van der Waals surface area (Å²) in [5.41, 5.74) is -0.444. The second-order valence-electron chi connectivity index (χ2n) is 4.92. The van der Waals surface area contributed by atoms with Crippen LogP contribution in [0.2, 0.25) is 5.02 Å². The van der Waals surface area contributed by atoms with Gasteiger partial charge in [0.25, 0.3) is 0 Å². The molecule has 1 saturated carbocycles. The monoisotopic (exact) mass is 297 g/mol. The lowest BCUT2D eigenvalue weighted by atomic mass is 9.76. The van der Waals surface area contributed by atoms with Gasteiger partial charge in [-0.2, -0.15) is 0 Å². The Morgan fingerprint density at radius 3 is 2.60 bits per heavy atom. The molecule has 2 N–H and O–H groups in total. The number of rotatable bonds is 5. The molecule has 0 spiro atoms. The topological polar surface area (TPSA) is 75.6 Å². The van der Waals surface area contributed by atoms with Gasteiger partial charge in [-0.25, -0.2) is 4.79 Å². The number of ether oxygens (including phenoxy) is 1. The summed E-state index contributed by atoms with van der Waals surface area (Å²) in [6.07, 6.45) is 1.82. The van der Waals surface area contributed by atoms with E-state index >= 15 is 0 Å². The van der Waals surface area contributed by atoms with Gasteiger partial charge in [-0.15, -0.1) is 0 Å². The highest BCUT2D eigenvalue weighted by molar-refractivity contribution is 6.31. The van der Waals surface area contributed by atoms with E-state index in [1.165, 1.54) is 7.11 Å². The smallest absolute Gasteiger partial charge is 0.329 e. The Kier molecular flexibility index (Phi) is 4.18. The van der Waals surface area contributed by atoms with Gasteiger partial charge < -0.3 is 15.2 Å².